The van der Waals surface area contributed by atoms with Gasteiger partial charge in [0.1, 0.15) is 6.04 Å². The molecule has 1 aliphatic rings. The summed E-state index contributed by atoms with van der Waals surface area (Å²) in [7, 11) is -4.35. The van der Waals surface area contributed by atoms with Crippen molar-refractivity contribution >= 4 is 16.0 Å². The van der Waals surface area contributed by atoms with Gasteiger partial charge in [0.05, 0.1) is 0 Å². The summed E-state index contributed by atoms with van der Waals surface area (Å²) in [5, 5.41) is 13.0. The third-order valence-electron chi connectivity index (χ3n) is 2.72. The fourth-order valence-electron chi connectivity index (χ4n) is 1.90. The average molecular weight is 290 g/mol. The molecule has 1 aliphatic heterocycles. The van der Waals surface area contributed by atoms with E-state index in [-0.39, 0.29) is 13.0 Å². The molecule has 0 aromatic carbocycles. The molecule has 2 heterocycles. The Hall–Kier alpha value is -2.01. The number of sulfonamides is 1. The number of nitrogens with zero attached hydrogens (tertiary/aromatic N) is 2. The van der Waals surface area contributed by atoms with Crippen molar-refractivity contribution in [3.63, 3.8) is 0 Å². The maximum absolute atomic E-state index is 12.1. The van der Waals surface area contributed by atoms with Gasteiger partial charge < -0.3 is 5.11 Å². The van der Waals surface area contributed by atoms with Crippen molar-refractivity contribution in [2.24, 2.45) is 0 Å². The van der Waals surface area contributed by atoms with E-state index < -0.39 is 38.3 Å². The largest absolute Gasteiger partial charge is 0.480 e. The minimum absolute atomic E-state index is 0.0143. The minimum Gasteiger partial charge on any atom is -0.480 e. The van der Waals surface area contributed by atoms with Crippen LogP contribution in [-0.4, -0.2) is 51.6 Å². The number of aromatic amines is 2. The maximum Gasteiger partial charge on any atom is 0.342 e. The lowest BCUT2D eigenvalue weighted by Crippen LogP contribution is -2.43. The van der Waals surface area contributed by atoms with E-state index in [1.54, 1.807) is 10.1 Å². The van der Waals surface area contributed by atoms with Gasteiger partial charge in [0, 0.05) is 6.54 Å². The summed E-state index contributed by atoms with van der Waals surface area (Å²) < 4.78 is 25.0. The van der Waals surface area contributed by atoms with Crippen LogP contribution in [0.25, 0.3) is 0 Å². The van der Waals surface area contributed by atoms with Gasteiger partial charge in [-0.1, -0.05) is 0 Å². The third kappa shape index (κ3) is 2.29. The number of aromatic nitrogens is 3. The number of nitrogens with one attached hydrogen (secondary N) is 2. The Morgan fingerprint density at radius 1 is 1.42 bits per heavy atom. The van der Waals surface area contributed by atoms with Crippen LogP contribution in [0.3, 0.4) is 0 Å². The minimum atomic E-state index is -4.35. The first-order valence-electron chi connectivity index (χ1n) is 5.27. The second kappa shape index (κ2) is 4.59. The first kappa shape index (κ1) is 13.4. The average Bonchev–Trinajstić information content (AvgIpc) is 2.77. The monoisotopic (exact) mass is 290 g/mol. The molecule has 104 valence electrons. The topological polar surface area (TPSA) is 153 Å². The smallest absolute Gasteiger partial charge is 0.342 e. The van der Waals surface area contributed by atoms with Gasteiger partial charge in [-0.3, -0.25) is 14.6 Å². The van der Waals surface area contributed by atoms with E-state index in [4.69, 9.17) is 5.11 Å². The Kier molecular flexibility index (Phi) is 3.24. The highest BCUT2D eigenvalue weighted by molar-refractivity contribution is 7.89. The maximum atomic E-state index is 12.1. The van der Waals surface area contributed by atoms with Crippen molar-refractivity contribution in [2.45, 2.75) is 23.9 Å². The van der Waals surface area contributed by atoms with Gasteiger partial charge in [-0.25, -0.2) is 18.3 Å². The Balaban J connectivity index is 2.51. The number of H-pyrrole nitrogens is 2. The van der Waals surface area contributed by atoms with Crippen molar-refractivity contribution in [3.05, 3.63) is 20.8 Å². The molecule has 11 heteroatoms. The number of hydrogen-bond acceptors (Lipinski definition) is 6. The van der Waals surface area contributed by atoms with E-state index in [9.17, 15) is 22.8 Å². The molecule has 1 aromatic rings. The Bertz CT molecular complexity index is 719. The third-order valence-corrected chi connectivity index (χ3v) is 4.54. The summed E-state index contributed by atoms with van der Waals surface area (Å²) in [6.07, 6.45) is 0.535. The number of hydrogen-bond donors (Lipinski definition) is 3. The number of carboxylic acids is 1. The van der Waals surface area contributed by atoms with Gasteiger partial charge in [0.25, 0.3) is 20.6 Å². The molecule has 0 amide bonds. The highest BCUT2D eigenvalue weighted by Crippen LogP contribution is 2.23. The number of aliphatic carboxylic acids is 1. The van der Waals surface area contributed by atoms with Crippen molar-refractivity contribution < 1.29 is 18.3 Å². The molecular formula is C8H10N4O6S. The summed E-state index contributed by atoms with van der Waals surface area (Å²) in [6, 6.07) is -1.22. The second-order valence-electron chi connectivity index (χ2n) is 3.92. The number of rotatable bonds is 3. The van der Waals surface area contributed by atoms with Crippen LogP contribution in [0.15, 0.2) is 14.6 Å². The normalized spacial score (nSPS) is 20.5. The van der Waals surface area contributed by atoms with Crippen LogP contribution in [0.5, 0.6) is 0 Å². The molecule has 1 fully saturated rings. The van der Waals surface area contributed by atoms with Crippen LogP contribution in [0.2, 0.25) is 0 Å². The van der Waals surface area contributed by atoms with Crippen molar-refractivity contribution in [2.75, 3.05) is 6.54 Å². The van der Waals surface area contributed by atoms with Crippen LogP contribution in [0.4, 0.5) is 0 Å². The van der Waals surface area contributed by atoms with Gasteiger partial charge in [-0.05, 0) is 12.8 Å². The summed E-state index contributed by atoms with van der Waals surface area (Å²) >= 11 is 0. The summed E-state index contributed by atoms with van der Waals surface area (Å²) in [4.78, 5) is 34.9. The van der Waals surface area contributed by atoms with Gasteiger partial charge in [-0.2, -0.15) is 9.40 Å². The molecule has 3 N–H and O–H groups in total. The Morgan fingerprint density at radius 3 is 2.68 bits per heavy atom. The molecule has 2 rings (SSSR count). The Morgan fingerprint density at radius 2 is 2.11 bits per heavy atom. The molecule has 0 unspecified atom stereocenters. The molecule has 10 nitrogen and oxygen atoms in total. The zero-order valence-corrected chi connectivity index (χ0v) is 10.3. The standard InChI is InChI=1S/C8H10N4O6S/c13-5-6(10-11-8(16)9-5)19(17,18)12-3-1-2-4(12)7(14)15/h4H,1-3H2,(H,14,15)(H2,9,11,13,16)/t4-/m1/s1. The van der Waals surface area contributed by atoms with Gasteiger partial charge >= 0.3 is 11.7 Å². The highest BCUT2D eigenvalue weighted by atomic mass is 32.2. The van der Waals surface area contributed by atoms with Crippen molar-refractivity contribution in [1.82, 2.24) is 19.5 Å². The van der Waals surface area contributed by atoms with Crippen LogP contribution in [0, 0.1) is 0 Å². The predicted octanol–water partition coefficient (Wildman–Crippen LogP) is -2.30. The van der Waals surface area contributed by atoms with E-state index in [1.807, 2.05) is 0 Å². The zero-order chi connectivity index (χ0) is 14.2. The van der Waals surface area contributed by atoms with E-state index in [2.05, 4.69) is 5.10 Å². The molecule has 0 spiro atoms. The summed E-state index contributed by atoms with van der Waals surface area (Å²) in [6.45, 7) is -0.0143. The van der Waals surface area contributed by atoms with Gasteiger partial charge in [-0.15, -0.1) is 0 Å². The summed E-state index contributed by atoms with van der Waals surface area (Å²) in [5.74, 6) is -1.29. The zero-order valence-electron chi connectivity index (χ0n) is 9.49. The van der Waals surface area contributed by atoms with E-state index >= 15 is 0 Å². The molecule has 1 atom stereocenters. The van der Waals surface area contributed by atoms with Crippen LogP contribution in [-0.2, 0) is 14.8 Å². The summed E-state index contributed by atoms with van der Waals surface area (Å²) in [5.41, 5.74) is -2.13. The van der Waals surface area contributed by atoms with Crippen LogP contribution in [0.1, 0.15) is 12.8 Å². The lowest BCUT2D eigenvalue weighted by molar-refractivity contribution is -0.140. The highest BCUT2D eigenvalue weighted by Gasteiger charge is 2.41. The quantitative estimate of drug-likeness (QED) is 0.565. The fourth-order valence-corrected chi connectivity index (χ4v) is 3.47. The Labute approximate surface area is 106 Å². The molecule has 0 saturated carbocycles. The van der Waals surface area contributed by atoms with Gasteiger partial charge in [0.15, 0.2) is 0 Å². The van der Waals surface area contributed by atoms with Crippen LogP contribution >= 0.6 is 0 Å². The molecule has 1 saturated heterocycles. The first-order chi connectivity index (χ1) is 8.84. The predicted molar refractivity (Wildman–Crippen MR) is 60.0 cm³/mol. The van der Waals surface area contributed by atoms with E-state index in [0.717, 1.165) is 0 Å². The van der Waals surface area contributed by atoms with E-state index in [0.29, 0.717) is 10.7 Å². The first-order valence-corrected chi connectivity index (χ1v) is 6.71. The number of carbonyl (C=O) groups is 1. The lowest BCUT2D eigenvalue weighted by Gasteiger charge is -2.19. The lowest BCUT2D eigenvalue weighted by atomic mass is 10.2. The fraction of sp³-hybridized carbons (Fsp3) is 0.500. The molecule has 1 aromatic heterocycles. The van der Waals surface area contributed by atoms with Gasteiger partial charge in [0.2, 0.25) is 0 Å². The van der Waals surface area contributed by atoms with E-state index in [1.165, 1.54) is 0 Å². The van der Waals surface area contributed by atoms with Crippen molar-refractivity contribution in [3.8, 4) is 0 Å². The molecule has 0 bridgehead atoms. The SMILES string of the molecule is O=C(O)[C@H]1CCCN1S(=O)(=O)c1n[nH]c(=O)[nH]c1=O. The molecule has 0 aliphatic carbocycles. The molecule has 19 heavy (non-hydrogen) atoms. The van der Waals surface area contributed by atoms with Crippen molar-refractivity contribution in [1.29, 1.82) is 0 Å². The second-order valence-corrected chi connectivity index (χ2v) is 5.73. The molecular weight excluding hydrogens is 280 g/mol. The molecule has 0 radical (unpaired) electrons. The van der Waals surface area contributed by atoms with Crippen LogP contribution < -0.4 is 11.2 Å². The number of carboxylic acid groups (broad SMARTS) is 1.